The molecule has 0 spiro atoms. The number of hydrogen-bond acceptors (Lipinski definition) is 2. The van der Waals surface area contributed by atoms with Gasteiger partial charge in [-0.25, -0.2) is 4.79 Å². The van der Waals surface area contributed by atoms with E-state index in [-0.39, 0.29) is 11.3 Å². The molecule has 1 heterocycles. The van der Waals surface area contributed by atoms with Crippen molar-refractivity contribution in [3.05, 3.63) is 22.1 Å². The summed E-state index contributed by atoms with van der Waals surface area (Å²) in [7, 11) is 0. The Balaban J connectivity index is 3.23. The molecule has 0 fully saturated rings. The van der Waals surface area contributed by atoms with E-state index in [0.29, 0.717) is 6.54 Å². The molecular formula is C6H8N2O3. The van der Waals surface area contributed by atoms with Crippen LogP contribution in [0.1, 0.15) is 17.4 Å². The van der Waals surface area contributed by atoms with E-state index >= 15 is 0 Å². The van der Waals surface area contributed by atoms with Crippen molar-refractivity contribution in [1.29, 1.82) is 0 Å². The van der Waals surface area contributed by atoms with Gasteiger partial charge in [0.05, 0.1) is 0 Å². The van der Waals surface area contributed by atoms with E-state index in [4.69, 9.17) is 5.11 Å². The number of nitrogens with one attached hydrogen (secondary N) is 1. The van der Waals surface area contributed by atoms with Crippen LogP contribution in [0, 0.1) is 0 Å². The second-order valence-corrected chi connectivity index (χ2v) is 2.06. The highest BCUT2D eigenvalue weighted by Gasteiger charge is 2.09. The number of aryl methyl sites for hydroxylation is 1. The van der Waals surface area contributed by atoms with Crippen molar-refractivity contribution in [2.45, 2.75) is 13.5 Å². The molecule has 1 aromatic heterocycles. The normalized spacial score (nSPS) is 9.91. The maximum absolute atomic E-state index is 10.6. The van der Waals surface area contributed by atoms with Gasteiger partial charge < -0.3 is 5.11 Å². The van der Waals surface area contributed by atoms with E-state index < -0.39 is 5.97 Å². The number of hydrogen-bond donors (Lipinski definition) is 2. The standard InChI is InChI=1S/C6H8N2O3/c1-2-8-4(6(10)11)3-5(9)7-8/h3H,2H2,1H3,(H,7,9)(H,10,11). The number of carboxylic acids is 1. The molecule has 0 aliphatic heterocycles. The lowest BCUT2D eigenvalue weighted by Gasteiger charge is -1.98. The van der Waals surface area contributed by atoms with Crippen molar-refractivity contribution in [2.24, 2.45) is 0 Å². The second kappa shape index (κ2) is 2.61. The maximum atomic E-state index is 10.6. The summed E-state index contributed by atoms with van der Waals surface area (Å²) in [4.78, 5) is 21.0. The quantitative estimate of drug-likeness (QED) is 0.627. The Morgan fingerprint density at radius 2 is 2.45 bits per heavy atom. The first kappa shape index (κ1) is 7.59. The van der Waals surface area contributed by atoms with Crippen LogP contribution in [0.15, 0.2) is 10.9 Å². The lowest BCUT2D eigenvalue weighted by atomic mass is 10.4. The highest BCUT2D eigenvalue weighted by atomic mass is 16.4. The molecule has 2 N–H and O–H groups in total. The van der Waals surface area contributed by atoms with Crippen molar-refractivity contribution in [1.82, 2.24) is 9.78 Å². The third kappa shape index (κ3) is 1.31. The first-order chi connectivity index (χ1) is 5.15. The predicted octanol–water partition coefficient (Wildman–Crippen LogP) is -0.106. The van der Waals surface area contributed by atoms with Gasteiger partial charge in [0.25, 0.3) is 5.56 Å². The molecule has 1 rings (SSSR count). The first-order valence-corrected chi connectivity index (χ1v) is 3.18. The third-order valence-corrected chi connectivity index (χ3v) is 1.34. The average molecular weight is 156 g/mol. The highest BCUT2D eigenvalue weighted by molar-refractivity contribution is 5.85. The van der Waals surface area contributed by atoms with Gasteiger partial charge in [-0.15, -0.1) is 0 Å². The van der Waals surface area contributed by atoms with Crippen LogP contribution in [0.4, 0.5) is 0 Å². The van der Waals surface area contributed by atoms with Crippen LogP contribution in [0.25, 0.3) is 0 Å². The number of carboxylic acid groups (broad SMARTS) is 1. The summed E-state index contributed by atoms with van der Waals surface area (Å²) in [5.74, 6) is -1.09. The van der Waals surface area contributed by atoms with Gasteiger partial charge in [0.15, 0.2) is 0 Å². The molecule has 1 aromatic rings. The Kier molecular flexibility index (Phi) is 1.80. The molecule has 0 aliphatic carbocycles. The molecule has 11 heavy (non-hydrogen) atoms. The zero-order valence-corrected chi connectivity index (χ0v) is 6.00. The lowest BCUT2D eigenvalue weighted by Crippen LogP contribution is -2.09. The smallest absolute Gasteiger partial charge is 0.354 e. The fraction of sp³-hybridized carbons (Fsp3) is 0.333. The van der Waals surface area contributed by atoms with Gasteiger partial charge in [-0.3, -0.25) is 14.6 Å². The van der Waals surface area contributed by atoms with E-state index in [1.54, 1.807) is 6.92 Å². The molecule has 0 saturated heterocycles. The zero-order valence-electron chi connectivity index (χ0n) is 6.00. The summed E-state index contributed by atoms with van der Waals surface area (Å²) < 4.78 is 1.28. The summed E-state index contributed by atoms with van der Waals surface area (Å²) in [5.41, 5.74) is -0.387. The summed E-state index contributed by atoms with van der Waals surface area (Å²) >= 11 is 0. The average Bonchev–Trinajstić information content (AvgIpc) is 2.30. The van der Waals surface area contributed by atoms with Crippen LogP contribution < -0.4 is 5.56 Å². The Morgan fingerprint density at radius 3 is 2.82 bits per heavy atom. The topological polar surface area (TPSA) is 75.1 Å². The van der Waals surface area contributed by atoms with Crippen LogP contribution in [-0.4, -0.2) is 20.9 Å². The number of aromatic carboxylic acids is 1. The van der Waals surface area contributed by atoms with E-state index in [1.807, 2.05) is 0 Å². The SMILES string of the molecule is CCn1[nH]c(=O)cc1C(=O)O. The van der Waals surface area contributed by atoms with Gasteiger partial charge in [-0.05, 0) is 6.92 Å². The molecule has 5 heteroatoms. The van der Waals surface area contributed by atoms with E-state index in [9.17, 15) is 9.59 Å². The molecule has 5 nitrogen and oxygen atoms in total. The minimum atomic E-state index is -1.09. The number of nitrogens with zero attached hydrogens (tertiary/aromatic N) is 1. The lowest BCUT2D eigenvalue weighted by molar-refractivity contribution is 0.0683. The molecule has 60 valence electrons. The van der Waals surface area contributed by atoms with Crippen LogP contribution in [-0.2, 0) is 6.54 Å². The van der Waals surface area contributed by atoms with Crippen LogP contribution in [0.2, 0.25) is 0 Å². The molecule has 0 aliphatic rings. The molecule has 0 amide bonds. The van der Waals surface area contributed by atoms with Gasteiger partial charge in [0, 0.05) is 12.6 Å². The fourth-order valence-corrected chi connectivity index (χ4v) is 0.854. The van der Waals surface area contributed by atoms with Crippen molar-refractivity contribution in [2.75, 3.05) is 0 Å². The van der Waals surface area contributed by atoms with Crippen molar-refractivity contribution >= 4 is 5.97 Å². The van der Waals surface area contributed by atoms with Gasteiger partial charge in [0.1, 0.15) is 5.69 Å². The predicted molar refractivity (Wildman–Crippen MR) is 37.7 cm³/mol. The fourth-order valence-electron chi connectivity index (χ4n) is 0.854. The maximum Gasteiger partial charge on any atom is 0.354 e. The summed E-state index contributed by atoms with van der Waals surface area (Å²) in [6.45, 7) is 2.20. The van der Waals surface area contributed by atoms with Gasteiger partial charge in [-0.2, -0.15) is 0 Å². The van der Waals surface area contributed by atoms with Crippen molar-refractivity contribution in [3.63, 3.8) is 0 Å². The first-order valence-electron chi connectivity index (χ1n) is 3.18. The minimum absolute atomic E-state index is 0.00231. The minimum Gasteiger partial charge on any atom is -0.477 e. The Morgan fingerprint density at radius 1 is 1.82 bits per heavy atom. The zero-order chi connectivity index (χ0) is 8.43. The number of H-pyrrole nitrogens is 1. The Hall–Kier alpha value is -1.52. The summed E-state index contributed by atoms with van der Waals surface area (Å²) in [5, 5.41) is 10.9. The number of carbonyl (C=O) groups is 1. The number of aromatic nitrogens is 2. The monoisotopic (exact) mass is 156 g/mol. The van der Waals surface area contributed by atoms with Gasteiger partial charge >= 0.3 is 5.97 Å². The largest absolute Gasteiger partial charge is 0.477 e. The number of rotatable bonds is 2. The van der Waals surface area contributed by atoms with Crippen LogP contribution in [0.5, 0.6) is 0 Å². The summed E-state index contributed by atoms with van der Waals surface area (Å²) in [6.07, 6.45) is 0. The van der Waals surface area contributed by atoms with Gasteiger partial charge in [-0.1, -0.05) is 0 Å². The molecule has 0 bridgehead atoms. The highest BCUT2D eigenvalue weighted by Crippen LogP contribution is 1.93. The Labute approximate surface area is 62.3 Å². The van der Waals surface area contributed by atoms with Crippen LogP contribution >= 0.6 is 0 Å². The van der Waals surface area contributed by atoms with Gasteiger partial charge in [0.2, 0.25) is 0 Å². The molecule has 0 unspecified atom stereocenters. The molecular weight excluding hydrogens is 148 g/mol. The van der Waals surface area contributed by atoms with E-state index in [0.717, 1.165) is 6.07 Å². The van der Waals surface area contributed by atoms with E-state index in [1.165, 1.54) is 4.68 Å². The Bertz CT molecular complexity index is 323. The molecule has 0 saturated carbocycles. The molecule has 0 radical (unpaired) electrons. The van der Waals surface area contributed by atoms with E-state index in [2.05, 4.69) is 5.10 Å². The third-order valence-electron chi connectivity index (χ3n) is 1.34. The molecule has 0 aromatic carbocycles. The van der Waals surface area contributed by atoms with Crippen molar-refractivity contribution < 1.29 is 9.90 Å². The summed E-state index contributed by atoms with van der Waals surface area (Å²) in [6, 6.07) is 1.06. The van der Waals surface area contributed by atoms with Crippen molar-refractivity contribution in [3.8, 4) is 0 Å². The number of aromatic amines is 1. The van der Waals surface area contributed by atoms with Crippen LogP contribution in [0.3, 0.4) is 0 Å². The second-order valence-electron chi connectivity index (χ2n) is 2.06. The molecule has 0 atom stereocenters.